The van der Waals surface area contributed by atoms with Crippen LogP contribution in [0.25, 0.3) is 11.0 Å². The Kier molecular flexibility index (Phi) is 6.90. The Bertz CT molecular complexity index is 1270. The van der Waals surface area contributed by atoms with E-state index in [-0.39, 0.29) is 5.69 Å². The van der Waals surface area contributed by atoms with Gasteiger partial charge in [0.25, 0.3) is 5.91 Å². The van der Waals surface area contributed by atoms with Crippen LogP contribution < -0.4 is 5.32 Å². The predicted molar refractivity (Wildman–Crippen MR) is 133 cm³/mol. The maximum Gasteiger partial charge on any atom is 0.433 e. The molecule has 9 heteroatoms. The molecule has 1 amide bonds. The summed E-state index contributed by atoms with van der Waals surface area (Å²) in [7, 11) is 1.93. The van der Waals surface area contributed by atoms with Crippen LogP contribution in [0, 0.1) is 11.8 Å². The fourth-order valence-electron chi connectivity index (χ4n) is 5.18. The maximum absolute atomic E-state index is 13.1. The lowest BCUT2D eigenvalue weighted by atomic mass is 9.77. The van der Waals surface area contributed by atoms with Crippen LogP contribution in [-0.4, -0.2) is 25.5 Å². The number of imidazole rings is 1. The van der Waals surface area contributed by atoms with Crippen LogP contribution in [0.3, 0.4) is 0 Å². The van der Waals surface area contributed by atoms with E-state index >= 15 is 0 Å². The third-order valence-electron chi connectivity index (χ3n) is 7.31. The van der Waals surface area contributed by atoms with E-state index in [0.29, 0.717) is 28.6 Å². The van der Waals surface area contributed by atoms with Gasteiger partial charge in [-0.2, -0.15) is 13.2 Å². The Labute approximate surface area is 208 Å². The first-order valence-electron chi connectivity index (χ1n) is 12.3. The maximum atomic E-state index is 13.1. The van der Waals surface area contributed by atoms with Crippen molar-refractivity contribution in [2.24, 2.45) is 18.9 Å². The summed E-state index contributed by atoms with van der Waals surface area (Å²) in [6, 6.07) is 6.66. The predicted octanol–water partition coefficient (Wildman–Crippen LogP) is 6.40. The fourth-order valence-corrected chi connectivity index (χ4v) is 5.18. The molecule has 1 fully saturated rings. The van der Waals surface area contributed by atoms with Crippen molar-refractivity contribution in [1.29, 1.82) is 0 Å². The van der Waals surface area contributed by atoms with E-state index in [2.05, 4.69) is 24.1 Å². The first-order chi connectivity index (χ1) is 16.8. The van der Waals surface area contributed by atoms with Gasteiger partial charge in [-0.3, -0.25) is 4.79 Å². The van der Waals surface area contributed by atoms with Crippen LogP contribution in [0.5, 0.6) is 0 Å². The third-order valence-corrected chi connectivity index (χ3v) is 7.31. The Hall–Kier alpha value is -2.94. The Morgan fingerprint density at radius 1 is 1.11 bits per heavy atom. The van der Waals surface area contributed by atoms with Crippen molar-refractivity contribution in [2.75, 3.05) is 5.32 Å². The van der Waals surface area contributed by atoms with Crippen LogP contribution in [0.1, 0.15) is 86.9 Å². The van der Waals surface area contributed by atoms with Crippen LogP contribution in [-0.2, 0) is 18.8 Å². The number of aromatic nitrogens is 3. The highest BCUT2D eigenvalue weighted by atomic mass is 19.4. The van der Waals surface area contributed by atoms with Gasteiger partial charge in [0.2, 0.25) is 0 Å². The van der Waals surface area contributed by atoms with E-state index in [1.807, 2.05) is 11.6 Å². The van der Waals surface area contributed by atoms with E-state index in [0.717, 1.165) is 55.1 Å². The molecule has 3 aromatic rings. The number of amides is 1. The molecule has 0 aliphatic heterocycles. The topological polar surface area (TPSA) is 80.0 Å². The highest BCUT2D eigenvalue weighted by molar-refractivity contribution is 6.04. The molecule has 0 unspecified atom stereocenters. The second kappa shape index (κ2) is 9.50. The Morgan fingerprint density at radius 2 is 1.78 bits per heavy atom. The second-order valence-corrected chi connectivity index (χ2v) is 10.7. The van der Waals surface area contributed by atoms with Gasteiger partial charge in [-0.1, -0.05) is 19.9 Å². The zero-order chi connectivity index (χ0) is 26.4. The van der Waals surface area contributed by atoms with Crippen molar-refractivity contribution in [3.63, 3.8) is 0 Å². The van der Waals surface area contributed by atoms with Crippen LogP contribution in [0.4, 0.5) is 18.9 Å². The molecular formula is C27H33F3N4O2. The molecule has 0 spiro atoms. The molecule has 4 rings (SSSR count). The van der Waals surface area contributed by atoms with Gasteiger partial charge < -0.3 is 15.0 Å². The lowest BCUT2D eigenvalue weighted by Gasteiger charge is -2.30. The molecule has 0 atom stereocenters. The zero-order valence-electron chi connectivity index (χ0n) is 21.3. The van der Waals surface area contributed by atoms with Gasteiger partial charge in [-0.15, -0.1) is 0 Å². The van der Waals surface area contributed by atoms with Gasteiger partial charge in [0, 0.05) is 24.2 Å². The van der Waals surface area contributed by atoms with Gasteiger partial charge in [0.1, 0.15) is 17.2 Å². The number of fused-ring (bicyclic) bond motifs is 1. The van der Waals surface area contributed by atoms with Gasteiger partial charge in [-0.05, 0) is 75.6 Å². The summed E-state index contributed by atoms with van der Waals surface area (Å²) in [5.74, 6) is 1.90. The number of benzene rings is 1. The third kappa shape index (κ3) is 5.26. The minimum atomic E-state index is -4.66. The molecule has 0 radical (unpaired) electrons. The average Bonchev–Trinajstić information content (AvgIpc) is 3.13. The summed E-state index contributed by atoms with van der Waals surface area (Å²) in [5, 5.41) is 13.5. The van der Waals surface area contributed by atoms with E-state index < -0.39 is 23.4 Å². The summed E-state index contributed by atoms with van der Waals surface area (Å²) < 4.78 is 41.2. The van der Waals surface area contributed by atoms with E-state index in [4.69, 9.17) is 4.98 Å². The molecule has 2 aromatic heterocycles. The summed E-state index contributed by atoms with van der Waals surface area (Å²) >= 11 is 0. The molecule has 0 saturated heterocycles. The molecule has 194 valence electrons. The quantitative estimate of drug-likeness (QED) is 0.423. The molecular weight excluding hydrogens is 469 g/mol. The number of hydrogen-bond donors (Lipinski definition) is 2. The lowest BCUT2D eigenvalue weighted by molar-refractivity contribution is -0.141. The number of pyridine rings is 1. The highest BCUT2D eigenvalue weighted by Gasteiger charge is 2.33. The largest absolute Gasteiger partial charge is 0.433 e. The minimum absolute atomic E-state index is 0.303. The van der Waals surface area contributed by atoms with Crippen LogP contribution >= 0.6 is 0 Å². The van der Waals surface area contributed by atoms with Gasteiger partial charge in [-0.25, -0.2) is 9.97 Å². The number of alkyl halides is 3. The summed E-state index contributed by atoms with van der Waals surface area (Å²) in [5.41, 5.74) is -0.635. The molecule has 1 aliphatic carbocycles. The number of rotatable bonds is 5. The average molecular weight is 503 g/mol. The number of nitrogens with zero attached hydrogens (tertiary/aromatic N) is 3. The molecule has 1 aliphatic rings. The molecule has 1 aromatic carbocycles. The van der Waals surface area contributed by atoms with Crippen LogP contribution in [0.2, 0.25) is 0 Å². The molecule has 2 N–H and O–H groups in total. The standard InChI is InChI=1S/C27H33F3N4O2/c1-15(2)16-9-11-17(12-10-16)24-32-21-13-18(26(3,4)36)20(14-22(21)34(24)5)33-25(35)19-7-6-8-23(31-19)27(28,29)30/h6-8,13-17,36H,9-12H2,1-5H3,(H,33,35). The number of carbonyl (C=O) groups excluding carboxylic acids is 1. The van der Waals surface area contributed by atoms with Crippen molar-refractivity contribution >= 4 is 22.6 Å². The molecule has 6 nitrogen and oxygen atoms in total. The number of aryl methyl sites for hydroxylation is 1. The zero-order valence-corrected chi connectivity index (χ0v) is 21.3. The molecule has 1 saturated carbocycles. The monoisotopic (exact) mass is 502 g/mol. The summed E-state index contributed by atoms with van der Waals surface area (Å²) in [4.78, 5) is 21.3. The molecule has 36 heavy (non-hydrogen) atoms. The first-order valence-corrected chi connectivity index (χ1v) is 12.3. The van der Waals surface area contributed by atoms with Crippen molar-refractivity contribution in [3.8, 4) is 0 Å². The summed E-state index contributed by atoms with van der Waals surface area (Å²) in [6.07, 6.45) is -0.225. The number of nitrogens with one attached hydrogen (secondary N) is 1. The fraction of sp³-hybridized carbons (Fsp3) is 0.519. The van der Waals surface area contributed by atoms with Gasteiger partial charge >= 0.3 is 6.18 Å². The second-order valence-electron chi connectivity index (χ2n) is 10.7. The van der Waals surface area contributed by atoms with E-state index in [1.54, 1.807) is 26.0 Å². The molecule has 2 heterocycles. The van der Waals surface area contributed by atoms with Crippen molar-refractivity contribution in [1.82, 2.24) is 14.5 Å². The highest BCUT2D eigenvalue weighted by Crippen LogP contribution is 2.40. The number of carbonyl (C=O) groups is 1. The number of halogens is 3. The van der Waals surface area contributed by atoms with Gasteiger partial charge in [0.15, 0.2) is 0 Å². The van der Waals surface area contributed by atoms with Crippen LogP contribution in [0.15, 0.2) is 30.3 Å². The van der Waals surface area contributed by atoms with Crippen molar-refractivity contribution in [3.05, 3.63) is 53.1 Å². The number of hydrogen-bond acceptors (Lipinski definition) is 4. The van der Waals surface area contributed by atoms with Gasteiger partial charge in [0.05, 0.1) is 16.6 Å². The summed E-state index contributed by atoms with van der Waals surface area (Å²) in [6.45, 7) is 7.71. The number of aliphatic hydroxyl groups is 1. The van der Waals surface area contributed by atoms with E-state index in [1.165, 1.54) is 6.07 Å². The Morgan fingerprint density at radius 3 is 2.36 bits per heavy atom. The van der Waals surface area contributed by atoms with Crippen molar-refractivity contribution in [2.45, 2.75) is 71.1 Å². The SMILES string of the molecule is CC(C)C1CCC(c2nc3cc(C(C)(C)O)c(NC(=O)c4cccc(C(F)(F)F)n4)cc3n2C)CC1. The normalized spacial score (nSPS) is 19.2. The minimum Gasteiger partial charge on any atom is -0.386 e. The molecule has 0 bridgehead atoms. The first kappa shape index (κ1) is 26.1. The Balaban J connectivity index is 1.69. The van der Waals surface area contributed by atoms with Crippen molar-refractivity contribution < 1.29 is 23.1 Å². The van der Waals surface area contributed by atoms with E-state index in [9.17, 15) is 23.1 Å². The smallest absolute Gasteiger partial charge is 0.386 e. The number of anilines is 1. The lowest BCUT2D eigenvalue weighted by Crippen LogP contribution is -2.22.